The average Bonchev–Trinajstić information content (AvgIpc) is 3.25. The highest BCUT2D eigenvalue weighted by Crippen LogP contribution is 2.22. The van der Waals surface area contributed by atoms with E-state index in [0.717, 1.165) is 29.4 Å². The highest BCUT2D eigenvalue weighted by atomic mass is 32.2. The van der Waals surface area contributed by atoms with Gasteiger partial charge in [-0.25, -0.2) is 8.42 Å². The number of fused-ring (bicyclic) bond motifs is 1. The quantitative estimate of drug-likeness (QED) is 0.402. The van der Waals surface area contributed by atoms with Crippen LogP contribution in [0.4, 0.5) is 5.69 Å². The molecule has 1 N–H and O–H groups in total. The van der Waals surface area contributed by atoms with Crippen LogP contribution < -0.4 is 5.32 Å². The zero-order chi connectivity index (χ0) is 24.1. The first-order valence-corrected chi connectivity index (χ1v) is 12.7. The Kier molecular flexibility index (Phi) is 6.80. The Morgan fingerprint density at radius 2 is 1.68 bits per heavy atom. The number of carbonyl (C=O) groups is 1. The van der Waals surface area contributed by atoms with Crippen molar-refractivity contribution >= 4 is 32.3 Å². The molecule has 7 heteroatoms. The Bertz CT molecular complexity index is 1460. The standard InChI is InChI=1S/C27H25N3O3S/c1-2-34(32,33)25-10-7-21(8-11-25)17-27(31)29-24-9-12-26-23(18-24)14-16-30(26)15-13-20-3-5-22(19-28)6-4-20/h3-12,14,16,18H,2,13,15,17H2,1H3,(H,29,31). The minimum Gasteiger partial charge on any atom is -0.347 e. The van der Waals surface area contributed by atoms with Crippen LogP contribution in [-0.2, 0) is 34.0 Å². The largest absolute Gasteiger partial charge is 0.347 e. The third kappa shape index (κ3) is 5.36. The Hall–Kier alpha value is -3.89. The van der Waals surface area contributed by atoms with Gasteiger partial charge in [-0.05, 0) is 66.1 Å². The fourth-order valence-electron chi connectivity index (χ4n) is 3.84. The third-order valence-electron chi connectivity index (χ3n) is 5.81. The molecular weight excluding hydrogens is 446 g/mol. The highest BCUT2D eigenvalue weighted by molar-refractivity contribution is 7.91. The van der Waals surface area contributed by atoms with Gasteiger partial charge < -0.3 is 9.88 Å². The van der Waals surface area contributed by atoms with Gasteiger partial charge in [0.15, 0.2) is 9.84 Å². The van der Waals surface area contributed by atoms with Gasteiger partial charge >= 0.3 is 0 Å². The Morgan fingerprint density at radius 3 is 2.35 bits per heavy atom. The lowest BCUT2D eigenvalue weighted by atomic mass is 10.1. The maximum Gasteiger partial charge on any atom is 0.228 e. The molecule has 0 fully saturated rings. The first kappa shape index (κ1) is 23.3. The molecule has 0 aliphatic rings. The zero-order valence-electron chi connectivity index (χ0n) is 18.9. The molecule has 0 radical (unpaired) electrons. The zero-order valence-corrected chi connectivity index (χ0v) is 19.7. The SMILES string of the molecule is CCS(=O)(=O)c1ccc(CC(=O)Nc2ccc3c(ccn3CCc3ccc(C#N)cc3)c2)cc1. The molecule has 0 atom stereocenters. The Balaban J connectivity index is 1.38. The van der Waals surface area contributed by atoms with E-state index in [0.29, 0.717) is 11.3 Å². The molecule has 0 spiro atoms. The van der Waals surface area contributed by atoms with Gasteiger partial charge in [-0.15, -0.1) is 0 Å². The summed E-state index contributed by atoms with van der Waals surface area (Å²) in [7, 11) is -3.25. The number of anilines is 1. The molecule has 0 saturated carbocycles. The van der Waals surface area contributed by atoms with Crippen molar-refractivity contribution in [2.24, 2.45) is 0 Å². The van der Waals surface area contributed by atoms with Crippen LogP contribution in [0.15, 0.2) is 83.9 Å². The predicted molar refractivity (Wildman–Crippen MR) is 133 cm³/mol. The van der Waals surface area contributed by atoms with E-state index in [2.05, 4.69) is 16.0 Å². The minimum absolute atomic E-state index is 0.0481. The van der Waals surface area contributed by atoms with E-state index in [-0.39, 0.29) is 23.0 Å². The summed E-state index contributed by atoms with van der Waals surface area (Å²) in [5, 5.41) is 12.9. The molecular formula is C27H25N3O3S. The van der Waals surface area contributed by atoms with Crippen LogP contribution >= 0.6 is 0 Å². The van der Waals surface area contributed by atoms with E-state index in [1.807, 2.05) is 54.7 Å². The Morgan fingerprint density at radius 1 is 0.971 bits per heavy atom. The van der Waals surface area contributed by atoms with E-state index < -0.39 is 9.84 Å². The summed E-state index contributed by atoms with van der Waals surface area (Å²) >= 11 is 0. The monoisotopic (exact) mass is 471 g/mol. The summed E-state index contributed by atoms with van der Waals surface area (Å²) in [6.07, 6.45) is 3.05. The van der Waals surface area contributed by atoms with Crippen LogP contribution in [0.25, 0.3) is 10.9 Å². The topological polar surface area (TPSA) is 92.0 Å². The fraction of sp³-hybridized carbons (Fsp3) is 0.185. The molecule has 4 aromatic rings. The van der Waals surface area contributed by atoms with E-state index in [9.17, 15) is 13.2 Å². The van der Waals surface area contributed by atoms with Crippen molar-refractivity contribution in [2.45, 2.75) is 31.2 Å². The molecule has 34 heavy (non-hydrogen) atoms. The number of hydrogen-bond donors (Lipinski definition) is 1. The van der Waals surface area contributed by atoms with E-state index in [1.165, 1.54) is 5.56 Å². The average molecular weight is 472 g/mol. The fourth-order valence-corrected chi connectivity index (χ4v) is 4.72. The smallest absolute Gasteiger partial charge is 0.228 e. The second-order valence-electron chi connectivity index (χ2n) is 8.11. The van der Waals surface area contributed by atoms with Crippen molar-refractivity contribution in [3.63, 3.8) is 0 Å². The van der Waals surface area contributed by atoms with Crippen molar-refractivity contribution in [1.29, 1.82) is 5.26 Å². The molecule has 6 nitrogen and oxygen atoms in total. The molecule has 1 amide bonds. The van der Waals surface area contributed by atoms with Crippen molar-refractivity contribution in [1.82, 2.24) is 4.57 Å². The first-order chi connectivity index (χ1) is 16.4. The summed E-state index contributed by atoms with van der Waals surface area (Å²) in [4.78, 5) is 12.8. The lowest BCUT2D eigenvalue weighted by molar-refractivity contribution is -0.115. The minimum atomic E-state index is -3.25. The third-order valence-corrected chi connectivity index (χ3v) is 7.56. The molecule has 0 saturated heterocycles. The van der Waals surface area contributed by atoms with Crippen molar-refractivity contribution in [3.05, 3.63) is 95.7 Å². The number of hydrogen-bond acceptors (Lipinski definition) is 4. The number of benzene rings is 3. The van der Waals surface area contributed by atoms with Crippen LogP contribution in [-0.4, -0.2) is 24.6 Å². The van der Waals surface area contributed by atoms with Gasteiger partial charge in [-0.1, -0.05) is 31.2 Å². The first-order valence-electron chi connectivity index (χ1n) is 11.1. The molecule has 0 bridgehead atoms. The number of nitrogens with zero attached hydrogens (tertiary/aromatic N) is 2. The van der Waals surface area contributed by atoms with Gasteiger partial charge in [0.1, 0.15) is 0 Å². The lowest BCUT2D eigenvalue weighted by Gasteiger charge is -2.09. The summed E-state index contributed by atoms with van der Waals surface area (Å²) < 4.78 is 26.0. The number of rotatable bonds is 8. The van der Waals surface area contributed by atoms with Gasteiger partial charge in [0.25, 0.3) is 0 Å². The lowest BCUT2D eigenvalue weighted by Crippen LogP contribution is -2.14. The van der Waals surface area contributed by atoms with Crippen LogP contribution in [0.2, 0.25) is 0 Å². The molecule has 4 rings (SSSR count). The van der Waals surface area contributed by atoms with Gasteiger partial charge in [-0.3, -0.25) is 4.79 Å². The molecule has 3 aromatic carbocycles. The number of nitriles is 1. The summed E-state index contributed by atoms with van der Waals surface area (Å²) in [5.74, 6) is -0.113. The summed E-state index contributed by atoms with van der Waals surface area (Å²) in [6, 6.07) is 24.1. The van der Waals surface area contributed by atoms with Crippen molar-refractivity contribution in [3.8, 4) is 6.07 Å². The molecule has 0 unspecified atom stereocenters. The molecule has 1 heterocycles. The van der Waals surface area contributed by atoms with Crippen molar-refractivity contribution < 1.29 is 13.2 Å². The number of carbonyl (C=O) groups excluding carboxylic acids is 1. The number of aromatic nitrogens is 1. The van der Waals surface area contributed by atoms with Gasteiger partial charge in [0.2, 0.25) is 5.91 Å². The normalized spacial score (nSPS) is 11.3. The number of sulfone groups is 1. The van der Waals surface area contributed by atoms with Crippen molar-refractivity contribution in [2.75, 3.05) is 11.1 Å². The second-order valence-corrected chi connectivity index (χ2v) is 10.4. The highest BCUT2D eigenvalue weighted by Gasteiger charge is 2.12. The molecule has 172 valence electrons. The number of aryl methyl sites for hydroxylation is 2. The van der Waals surface area contributed by atoms with Crippen LogP contribution in [0, 0.1) is 11.3 Å². The van der Waals surface area contributed by atoms with E-state index >= 15 is 0 Å². The molecule has 1 aromatic heterocycles. The maximum absolute atomic E-state index is 12.5. The van der Waals surface area contributed by atoms with Crippen LogP contribution in [0.3, 0.4) is 0 Å². The molecule has 0 aliphatic heterocycles. The van der Waals surface area contributed by atoms with Gasteiger partial charge in [0.05, 0.1) is 28.7 Å². The number of amides is 1. The van der Waals surface area contributed by atoms with E-state index in [1.54, 1.807) is 31.2 Å². The van der Waals surface area contributed by atoms with Gasteiger partial charge in [-0.2, -0.15) is 5.26 Å². The second kappa shape index (κ2) is 9.94. The summed E-state index contributed by atoms with van der Waals surface area (Å²) in [6.45, 7) is 2.42. The Labute approximate surface area is 199 Å². The number of nitrogens with one attached hydrogen (secondary N) is 1. The summed E-state index contributed by atoms with van der Waals surface area (Å²) in [5.41, 5.74) is 4.38. The predicted octanol–water partition coefficient (Wildman–Crippen LogP) is 4.73. The van der Waals surface area contributed by atoms with Crippen LogP contribution in [0.5, 0.6) is 0 Å². The van der Waals surface area contributed by atoms with Crippen LogP contribution in [0.1, 0.15) is 23.6 Å². The van der Waals surface area contributed by atoms with E-state index in [4.69, 9.17) is 5.26 Å². The maximum atomic E-state index is 12.5. The van der Waals surface area contributed by atoms with Gasteiger partial charge in [0, 0.05) is 29.3 Å². The molecule has 0 aliphatic carbocycles.